The Kier molecular flexibility index (Phi) is 4.67. The fourth-order valence-electron chi connectivity index (χ4n) is 3.69. The molecule has 2 aliphatic heterocycles. The molecule has 6 heteroatoms. The Balaban J connectivity index is 1.51. The van der Waals surface area contributed by atoms with E-state index >= 15 is 0 Å². The van der Waals surface area contributed by atoms with Crippen molar-refractivity contribution in [1.29, 1.82) is 0 Å². The maximum absolute atomic E-state index is 12.7. The van der Waals surface area contributed by atoms with Gasteiger partial charge in [0.2, 0.25) is 0 Å². The standard InChI is InChI=1S/C22H25N3O3/c1-22(2,3)28-21(27)25-14-17-11-16-13-24(12-15-7-5-4-6-8-15)10-9-18(16)23-19(17)20(25)26/h4-8,11H,9-10,12-14H2,1-3H3. The summed E-state index contributed by atoms with van der Waals surface area (Å²) in [6, 6.07) is 12.4. The van der Waals surface area contributed by atoms with Crippen molar-refractivity contribution < 1.29 is 14.3 Å². The molecule has 3 heterocycles. The van der Waals surface area contributed by atoms with Gasteiger partial charge in [0.05, 0.1) is 6.54 Å². The van der Waals surface area contributed by atoms with Gasteiger partial charge >= 0.3 is 6.09 Å². The topological polar surface area (TPSA) is 62.7 Å². The Morgan fingerprint density at radius 2 is 1.89 bits per heavy atom. The third-order valence-electron chi connectivity index (χ3n) is 4.97. The molecule has 0 atom stereocenters. The number of nitrogens with zero attached hydrogens (tertiary/aromatic N) is 3. The van der Waals surface area contributed by atoms with Crippen LogP contribution in [-0.2, 0) is 30.8 Å². The third-order valence-corrected chi connectivity index (χ3v) is 4.97. The molecule has 0 N–H and O–H groups in total. The van der Waals surface area contributed by atoms with Crippen LogP contribution in [0.2, 0.25) is 0 Å². The number of carbonyl (C=O) groups excluding carboxylic acids is 2. The van der Waals surface area contributed by atoms with E-state index in [4.69, 9.17) is 4.74 Å². The summed E-state index contributed by atoms with van der Waals surface area (Å²) in [5.74, 6) is -0.362. The molecule has 0 saturated heterocycles. The monoisotopic (exact) mass is 379 g/mol. The number of aromatic nitrogens is 1. The summed E-state index contributed by atoms with van der Waals surface area (Å²) >= 11 is 0. The molecule has 6 nitrogen and oxygen atoms in total. The maximum atomic E-state index is 12.7. The average molecular weight is 379 g/mol. The van der Waals surface area contributed by atoms with Crippen molar-refractivity contribution in [2.75, 3.05) is 6.54 Å². The number of pyridine rings is 1. The zero-order valence-corrected chi connectivity index (χ0v) is 16.6. The molecule has 0 radical (unpaired) electrons. The minimum Gasteiger partial charge on any atom is -0.443 e. The van der Waals surface area contributed by atoms with E-state index in [0.717, 1.165) is 47.8 Å². The van der Waals surface area contributed by atoms with Crippen LogP contribution in [0, 0.1) is 0 Å². The van der Waals surface area contributed by atoms with Crippen LogP contribution in [0.3, 0.4) is 0 Å². The van der Waals surface area contributed by atoms with Crippen LogP contribution in [0.4, 0.5) is 4.79 Å². The quantitative estimate of drug-likeness (QED) is 0.799. The molecule has 28 heavy (non-hydrogen) atoms. The molecule has 0 bridgehead atoms. The predicted molar refractivity (Wildman–Crippen MR) is 105 cm³/mol. The molecule has 1 aromatic heterocycles. The molecule has 0 saturated carbocycles. The number of imide groups is 1. The Hall–Kier alpha value is -2.73. The van der Waals surface area contributed by atoms with Gasteiger partial charge in [-0.15, -0.1) is 0 Å². The van der Waals surface area contributed by atoms with Gasteiger partial charge < -0.3 is 4.74 Å². The second kappa shape index (κ2) is 7.02. The first-order chi connectivity index (χ1) is 13.3. The smallest absolute Gasteiger partial charge is 0.417 e. The number of amides is 2. The van der Waals surface area contributed by atoms with Crippen LogP contribution in [0.15, 0.2) is 36.4 Å². The highest BCUT2D eigenvalue weighted by Crippen LogP contribution is 2.28. The van der Waals surface area contributed by atoms with Crippen LogP contribution in [0.5, 0.6) is 0 Å². The second-order valence-electron chi connectivity index (χ2n) is 8.42. The third kappa shape index (κ3) is 3.78. The lowest BCUT2D eigenvalue weighted by molar-refractivity contribution is 0.0247. The van der Waals surface area contributed by atoms with E-state index < -0.39 is 11.7 Å². The Bertz CT molecular complexity index is 919. The molecule has 2 amide bonds. The van der Waals surface area contributed by atoms with Crippen LogP contribution in [0.25, 0.3) is 0 Å². The van der Waals surface area contributed by atoms with Crippen molar-refractivity contribution >= 4 is 12.0 Å². The number of hydrogen-bond acceptors (Lipinski definition) is 5. The van der Waals surface area contributed by atoms with Gasteiger partial charge in [-0.2, -0.15) is 0 Å². The summed E-state index contributed by atoms with van der Waals surface area (Å²) in [5.41, 5.74) is 3.93. The van der Waals surface area contributed by atoms with E-state index in [1.807, 2.05) is 12.1 Å². The lowest BCUT2D eigenvalue weighted by atomic mass is 10.0. The van der Waals surface area contributed by atoms with Gasteiger partial charge in [-0.05, 0) is 38.0 Å². The molecular formula is C22H25N3O3. The highest BCUT2D eigenvalue weighted by atomic mass is 16.6. The van der Waals surface area contributed by atoms with Crippen molar-refractivity contribution in [3.8, 4) is 0 Å². The van der Waals surface area contributed by atoms with Gasteiger partial charge in [-0.3, -0.25) is 9.69 Å². The zero-order valence-electron chi connectivity index (χ0n) is 16.6. The number of carbonyl (C=O) groups is 2. The molecule has 0 spiro atoms. The molecular weight excluding hydrogens is 354 g/mol. The second-order valence-corrected chi connectivity index (χ2v) is 8.42. The number of hydrogen-bond donors (Lipinski definition) is 0. The first kappa shape index (κ1) is 18.6. The Labute approximate surface area is 165 Å². The van der Waals surface area contributed by atoms with Crippen LogP contribution in [0.1, 0.15) is 53.6 Å². The highest BCUT2D eigenvalue weighted by molar-refractivity contribution is 6.05. The summed E-state index contributed by atoms with van der Waals surface area (Å²) in [4.78, 5) is 33.2. The van der Waals surface area contributed by atoms with Crippen molar-refractivity contribution in [3.05, 3.63) is 64.5 Å². The van der Waals surface area contributed by atoms with Gasteiger partial charge in [0.25, 0.3) is 5.91 Å². The minimum atomic E-state index is -0.642. The fraction of sp³-hybridized carbons (Fsp3) is 0.409. The highest BCUT2D eigenvalue weighted by Gasteiger charge is 2.37. The fourth-order valence-corrected chi connectivity index (χ4v) is 3.69. The lowest BCUT2D eigenvalue weighted by Gasteiger charge is -2.28. The number of ether oxygens (including phenoxy) is 1. The van der Waals surface area contributed by atoms with Crippen LogP contribution in [-0.4, -0.2) is 38.9 Å². The normalized spacial score (nSPS) is 16.7. The Morgan fingerprint density at radius 1 is 1.14 bits per heavy atom. The molecule has 2 aliphatic rings. The van der Waals surface area contributed by atoms with Crippen molar-refractivity contribution in [3.63, 3.8) is 0 Å². The molecule has 0 unspecified atom stereocenters. The molecule has 4 rings (SSSR count). The summed E-state index contributed by atoms with van der Waals surface area (Å²) in [7, 11) is 0. The van der Waals surface area contributed by atoms with Crippen molar-refractivity contribution in [2.45, 2.75) is 52.4 Å². The van der Waals surface area contributed by atoms with Gasteiger partial charge in [-0.1, -0.05) is 30.3 Å². The number of fused-ring (bicyclic) bond motifs is 2. The largest absolute Gasteiger partial charge is 0.443 e. The SMILES string of the molecule is CC(C)(C)OC(=O)N1Cc2cc3c(nc2C1=O)CCN(Cc1ccccc1)C3. The summed E-state index contributed by atoms with van der Waals surface area (Å²) < 4.78 is 5.36. The Morgan fingerprint density at radius 3 is 2.61 bits per heavy atom. The van der Waals surface area contributed by atoms with E-state index in [9.17, 15) is 9.59 Å². The first-order valence-corrected chi connectivity index (χ1v) is 9.63. The van der Waals surface area contributed by atoms with Crippen LogP contribution < -0.4 is 0 Å². The summed E-state index contributed by atoms with van der Waals surface area (Å²) in [6.07, 6.45) is 0.189. The maximum Gasteiger partial charge on any atom is 0.417 e. The van der Waals surface area contributed by atoms with E-state index in [0.29, 0.717) is 5.69 Å². The molecule has 146 valence electrons. The first-order valence-electron chi connectivity index (χ1n) is 9.63. The van der Waals surface area contributed by atoms with Gasteiger partial charge in [-0.25, -0.2) is 14.7 Å². The van der Waals surface area contributed by atoms with Gasteiger partial charge in [0.1, 0.15) is 11.3 Å². The molecule has 0 aliphatic carbocycles. The van der Waals surface area contributed by atoms with Gasteiger partial charge in [0, 0.05) is 37.3 Å². The lowest BCUT2D eigenvalue weighted by Crippen LogP contribution is -2.37. The van der Waals surface area contributed by atoms with Gasteiger partial charge in [0.15, 0.2) is 0 Å². The van der Waals surface area contributed by atoms with Crippen LogP contribution >= 0.6 is 0 Å². The predicted octanol–water partition coefficient (Wildman–Crippen LogP) is 3.53. The number of rotatable bonds is 2. The van der Waals surface area contributed by atoms with E-state index in [2.05, 4.69) is 34.1 Å². The molecule has 2 aromatic rings. The number of benzene rings is 1. The summed E-state index contributed by atoms with van der Waals surface area (Å²) in [6.45, 7) is 8.18. The van der Waals surface area contributed by atoms with Crippen molar-refractivity contribution in [1.82, 2.24) is 14.8 Å². The molecule has 1 aromatic carbocycles. The van der Waals surface area contributed by atoms with E-state index in [-0.39, 0.29) is 12.5 Å². The molecule has 0 fully saturated rings. The van der Waals surface area contributed by atoms with Crippen molar-refractivity contribution in [2.24, 2.45) is 0 Å². The average Bonchev–Trinajstić information content (AvgIpc) is 2.95. The van der Waals surface area contributed by atoms with E-state index in [1.54, 1.807) is 20.8 Å². The summed E-state index contributed by atoms with van der Waals surface area (Å²) in [5, 5.41) is 0. The zero-order chi connectivity index (χ0) is 19.9. The van der Waals surface area contributed by atoms with E-state index in [1.165, 1.54) is 5.56 Å². The minimum absolute atomic E-state index is 0.224.